The van der Waals surface area contributed by atoms with E-state index >= 15 is 0 Å². The molecule has 2 amide bonds. The summed E-state index contributed by atoms with van der Waals surface area (Å²) in [5.41, 5.74) is 1.98. The van der Waals surface area contributed by atoms with Crippen LogP contribution in [0.2, 0.25) is 0 Å². The number of anilines is 2. The zero-order chi connectivity index (χ0) is 27.7. The number of halogens is 1. The lowest BCUT2D eigenvalue weighted by atomic mass is 9.88. The molecule has 1 aliphatic rings. The third kappa shape index (κ3) is 8.41. The zero-order valence-corrected chi connectivity index (χ0v) is 22.3. The maximum atomic E-state index is 12.9. The second kappa shape index (κ2) is 13.2. The molecule has 0 unspecified atom stereocenters. The Morgan fingerprint density at radius 1 is 1.03 bits per heavy atom. The summed E-state index contributed by atoms with van der Waals surface area (Å²) in [4.78, 5) is 39.1. The lowest BCUT2D eigenvalue weighted by Gasteiger charge is -2.20. The summed E-state index contributed by atoms with van der Waals surface area (Å²) in [6.45, 7) is 8.27. The summed E-state index contributed by atoms with van der Waals surface area (Å²) in [5.74, 6) is -1.06. The monoisotopic (exact) mass is 525 g/mol. The number of carbonyl (C=O) groups is 3. The summed E-state index contributed by atoms with van der Waals surface area (Å²) in [7, 11) is 0. The summed E-state index contributed by atoms with van der Waals surface area (Å²) in [5, 5.41) is 5.42. The molecule has 0 aromatic heterocycles. The molecule has 9 heteroatoms. The molecule has 0 aliphatic carbocycles. The first-order chi connectivity index (χ1) is 18.1. The van der Waals surface area contributed by atoms with E-state index in [9.17, 15) is 18.8 Å². The van der Waals surface area contributed by atoms with E-state index in [4.69, 9.17) is 9.47 Å². The lowest BCUT2D eigenvalue weighted by Crippen LogP contribution is -2.27. The Labute approximate surface area is 223 Å². The van der Waals surface area contributed by atoms with Crippen LogP contribution >= 0.6 is 0 Å². The van der Waals surface area contributed by atoms with Gasteiger partial charge in [-0.3, -0.25) is 19.8 Å². The van der Waals surface area contributed by atoms with Gasteiger partial charge in [0.1, 0.15) is 12.3 Å². The summed E-state index contributed by atoms with van der Waals surface area (Å²) < 4.78 is 23.4. The quantitative estimate of drug-likeness (QED) is 0.344. The molecule has 8 nitrogen and oxygen atoms in total. The Morgan fingerprint density at radius 3 is 2.29 bits per heavy atom. The number of amides is 2. The van der Waals surface area contributed by atoms with Crippen LogP contribution in [0.3, 0.4) is 0 Å². The van der Waals surface area contributed by atoms with Crippen LogP contribution < -0.4 is 10.6 Å². The Kier molecular flexibility index (Phi) is 10.0. The van der Waals surface area contributed by atoms with E-state index in [1.807, 2.05) is 29.2 Å². The molecule has 2 aromatic carbocycles. The lowest BCUT2D eigenvalue weighted by molar-refractivity contribution is -0.148. The van der Waals surface area contributed by atoms with E-state index in [2.05, 4.69) is 10.6 Å². The third-order valence-electron chi connectivity index (χ3n) is 6.00. The van der Waals surface area contributed by atoms with Crippen LogP contribution in [0.25, 0.3) is 6.08 Å². The van der Waals surface area contributed by atoms with Gasteiger partial charge < -0.3 is 14.8 Å². The number of carbonyl (C=O) groups excluding carboxylic acids is 3. The predicted octanol–water partition coefficient (Wildman–Crippen LogP) is 5.23. The first-order valence-electron chi connectivity index (χ1n) is 12.7. The highest BCUT2D eigenvalue weighted by Crippen LogP contribution is 2.34. The van der Waals surface area contributed by atoms with Crippen molar-refractivity contribution in [1.82, 2.24) is 4.90 Å². The number of para-hydroxylation sites is 2. The highest BCUT2D eigenvalue weighted by molar-refractivity contribution is 6.05. The molecule has 38 heavy (non-hydrogen) atoms. The van der Waals surface area contributed by atoms with Crippen molar-refractivity contribution in [1.29, 1.82) is 0 Å². The topological polar surface area (TPSA) is 97.0 Å². The first-order valence-corrected chi connectivity index (χ1v) is 12.7. The molecule has 0 spiro atoms. The van der Waals surface area contributed by atoms with Gasteiger partial charge in [0.25, 0.3) is 0 Å². The first kappa shape index (κ1) is 28.8. The maximum Gasteiger partial charge on any atom is 0.412 e. The number of hydrogen-bond donors (Lipinski definition) is 2. The third-order valence-corrected chi connectivity index (χ3v) is 6.00. The molecule has 1 heterocycles. The van der Waals surface area contributed by atoms with Crippen LogP contribution in [0, 0.1) is 5.92 Å². The minimum absolute atomic E-state index is 0.0871. The van der Waals surface area contributed by atoms with Crippen molar-refractivity contribution in [3.8, 4) is 0 Å². The predicted molar refractivity (Wildman–Crippen MR) is 146 cm³/mol. The number of ether oxygens (including phenoxy) is 2. The van der Waals surface area contributed by atoms with E-state index < -0.39 is 18.4 Å². The van der Waals surface area contributed by atoms with Crippen LogP contribution in [-0.4, -0.2) is 61.4 Å². The second-order valence-electron chi connectivity index (χ2n) is 10.1. The molecule has 0 saturated carbocycles. The minimum Gasteiger partial charge on any atom is -0.466 e. The molecule has 1 aliphatic heterocycles. The number of esters is 1. The van der Waals surface area contributed by atoms with Gasteiger partial charge in [-0.25, -0.2) is 9.18 Å². The Morgan fingerprint density at radius 2 is 1.68 bits per heavy atom. The van der Waals surface area contributed by atoms with Crippen molar-refractivity contribution in [2.24, 2.45) is 5.92 Å². The summed E-state index contributed by atoms with van der Waals surface area (Å²) in [6, 6.07) is 14.4. The second-order valence-corrected chi connectivity index (χ2v) is 10.1. The molecule has 204 valence electrons. The molecule has 1 fully saturated rings. The molecule has 1 saturated heterocycles. The number of benzene rings is 2. The van der Waals surface area contributed by atoms with Gasteiger partial charge in [0.15, 0.2) is 0 Å². The van der Waals surface area contributed by atoms with E-state index in [1.54, 1.807) is 58.0 Å². The molecular formula is C29H36FN3O5. The fourth-order valence-electron chi connectivity index (χ4n) is 4.33. The molecule has 0 radical (unpaired) electrons. The largest absolute Gasteiger partial charge is 0.466 e. The molecule has 2 atom stereocenters. The van der Waals surface area contributed by atoms with Crippen molar-refractivity contribution in [2.45, 2.75) is 39.2 Å². The van der Waals surface area contributed by atoms with Gasteiger partial charge in [0.2, 0.25) is 5.91 Å². The van der Waals surface area contributed by atoms with E-state index in [0.29, 0.717) is 37.6 Å². The number of hydrogen-bond acceptors (Lipinski definition) is 6. The van der Waals surface area contributed by atoms with Crippen molar-refractivity contribution in [2.75, 3.05) is 43.5 Å². The van der Waals surface area contributed by atoms with Crippen LogP contribution in [0.4, 0.5) is 20.6 Å². The van der Waals surface area contributed by atoms with Gasteiger partial charge >= 0.3 is 12.1 Å². The van der Waals surface area contributed by atoms with Crippen molar-refractivity contribution >= 4 is 35.4 Å². The summed E-state index contributed by atoms with van der Waals surface area (Å²) in [6.07, 6.45) is 2.46. The standard InChI is InChI=1S/C29H36FN3O5/c1-5-37-27(35)23-19-33(17-16-30)18-22(23)21-13-10-20(11-14-21)12-15-26(34)31-24-8-6-7-9-25(24)32-28(36)38-29(2,3)4/h6-15,22-23H,5,16-19H2,1-4H3,(H,31,34)(H,32,36)/b15-12+/t22-,23+/m1/s1. The van der Waals surface area contributed by atoms with Crippen LogP contribution in [-0.2, 0) is 19.1 Å². The fraction of sp³-hybridized carbons (Fsp3) is 0.414. The van der Waals surface area contributed by atoms with Crippen LogP contribution in [0.5, 0.6) is 0 Å². The Balaban J connectivity index is 1.64. The maximum absolute atomic E-state index is 12.9. The molecule has 3 rings (SSSR count). The molecular weight excluding hydrogens is 489 g/mol. The normalized spacial score (nSPS) is 17.8. The van der Waals surface area contributed by atoms with Gasteiger partial charge in [-0.05, 0) is 57.0 Å². The Hall–Kier alpha value is -3.72. The van der Waals surface area contributed by atoms with Gasteiger partial charge in [-0.15, -0.1) is 0 Å². The number of rotatable bonds is 9. The van der Waals surface area contributed by atoms with E-state index in [-0.39, 0.29) is 23.7 Å². The number of likely N-dealkylation sites (tertiary alicyclic amines) is 1. The van der Waals surface area contributed by atoms with Crippen molar-refractivity contribution in [3.63, 3.8) is 0 Å². The smallest absolute Gasteiger partial charge is 0.412 e. The van der Waals surface area contributed by atoms with Crippen LogP contribution in [0.15, 0.2) is 54.6 Å². The van der Waals surface area contributed by atoms with Gasteiger partial charge in [0, 0.05) is 31.6 Å². The molecule has 2 N–H and O–H groups in total. The molecule has 2 aromatic rings. The van der Waals surface area contributed by atoms with Crippen molar-refractivity contribution < 1.29 is 28.2 Å². The zero-order valence-electron chi connectivity index (χ0n) is 22.3. The fourth-order valence-corrected chi connectivity index (χ4v) is 4.33. The van der Waals surface area contributed by atoms with Gasteiger partial charge in [0.05, 0.1) is 23.9 Å². The molecule has 0 bridgehead atoms. The van der Waals surface area contributed by atoms with E-state index in [0.717, 1.165) is 11.1 Å². The van der Waals surface area contributed by atoms with Gasteiger partial charge in [-0.1, -0.05) is 36.4 Å². The number of alkyl halides is 1. The van der Waals surface area contributed by atoms with E-state index in [1.165, 1.54) is 6.08 Å². The van der Waals surface area contributed by atoms with Gasteiger partial charge in [-0.2, -0.15) is 0 Å². The van der Waals surface area contributed by atoms with Crippen LogP contribution in [0.1, 0.15) is 44.7 Å². The highest BCUT2D eigenvalue weighted by atomic mass is 19.1. The minimum atomic E-state index is -0.647. The van der Waals surface area contributed by atoms with Crippen molar-refractivity contribution in [3.05, 3.63) is 65.7 Å². The number of nitrogens with one attached hydrogen (secondary N) is 2. The average Bonchev–Trinajstić information content (AvgIpc) is 3.28. The average molecular weight is 526 g/mol. The SMILES string of the molecule is CCOC(=O)[C@H]1CN(CCF)C[C@@H]1c1ccc(/C=C/C(=O)Nc2ccccc2NC(=O)OC(C)(C)C)cc1. The summed E-state index contributed by atoms with van der Waals surface area (Å²) >= 11 is 0. The highest BCUT2D eigenvalue weighted by Gasteiger charge is 2.39. The number of nitrogens with zero attached hydrogens (tertiary/aromatic N) is 1. The Bertz CT molecular complexity index is 1140.